The molecule has 5 rings (SSSR count). The predicted octanol–water partition coefficient (Wildman–Crippen LogP) is -1.38. The van der Waals surface area contributed by atoms with Gasteiger partial charge in [0.05, 0.1) is 48.6 Å². The monoisotopic (exact) mass is 621 g/mol. The highest BCUT2D eigenvalue weighted by Crippen LogP contribution is 2.25. The highest BCUT2D eigenvalue weighted by molar-refractivity contribution is 7.07. The molecule has 0 aliphatic carbocycles. The average molecular weight is 622 g/mol. The molecule has 0 bridgehead atoms. The molecule has 0 spiro atoms. The summed E-state index contributed by atoms with van der Waals surface area (Å²) in [6.07, 6.45) is 4.69. The van der Waals surface area contributed by atoms with Crippen LogP contribution in [0.5, 0.6) is 5.75 Å². The summed E-state index contributed by atoms with van der Waals surface area (Å²) in [6.45, 7) is 4.42. The van der Waals surface area contributed by atoms with E-state index in [2.05, 4.69) is 74.8 Å². The number of aromatic nitrogens is 2. The fourth-order valence-electron chi connectivity index (χ4n) is 4.77. The van der Waals surface area contributed by atoms with E-state index in [9.17, 15) is 0 Å². The summed E-state index contributed by atoms with van der Waals surface area (Å²) < 4.78 is 7.70. The number of benzene rings is 2. The largest absolute Gasteiger partial charge is 0.543 e. The number of hydrogen-bond acceptors (Lipinski definition) is 12. The molecular weight excluding hydrogens is 590 g/mol. The van der Waals surface area contributed by atoms with Crippen molar-refractivity contribution in [1.29, 1.82) is 0 Å². The van der Waals surface area contributed by atoms with Gasteiger partial charge in [0.25, 0.3) is 0 Å². The van der Waals surface area contributed by atoms with E-state index in [0.29, 0.717) is 5.92 Å². The van der Waals surface area contributed by atoms with E-state index in [-0.39, 0.29) is 0 Å². The second-order valence-electron chi connectivity index (χ2n) is 9.97. The van der Waals surface area contributed by atoms with Crippen LogP contribution in [-0.2, 0) is 38.6 Å². The van der Waals surface area contributed by atoms with Crippen LogP contribution in [-0.4, -0.2) is 65.1 Å². The van der Waals surface area contributed by atoms with Crippen LogP contribution >= 0.6 is 11.3 Å². The summed E-state index contributed by atoms with van der Waals surface area (Å²) in [7, 11) is 1.72. The number of carboxylic acids is 4. The van der Waals surface area contributed by atoms with E-state index in [1.165, 1.54) is 48.4 Å². The number of rotatable bonds is 8. The van der Waals surface area contributed by atoms with Crippen molar-refractivity contribution in [3.05, 3.63) is 82.3 Å². The lowest BCUT2D eigenvalue weighted by Gasteiger charge is -2.32. The minimum atomic E-state index is -2.19. The molecule has 44 heavy (non-hydrogen) atoms. The van der Waals surface area contributed by atoms with Crippen molar-refractivity contribution in [2.24, 2.45) is 5.92 Å². The van der Waals surface area contributed by atoms with Crippen LogP contribution in [0, 0.1) is 5.92 Å². The molecule has 0 amide bonds. The van der Waals surface area contributed by atoms with Gasteiger partial charge >= 0.3 is 0 Å². The minimum absolute atomic E-state index is 0.713. The zero-order valence-corrected chi connectivity index (χ0v) is 24.8. The Balaban J connectivity index is 0.000000375. The van der Waals surface area contributed by atoms with Crippen LogP contribution in [0.25, 0.3) is 11.0 Å². The third-order valence-corrected chi connectivity index (χ3v) is 7.77. The predicted molar refractivity (Wildman–Crippen MR) is 153 cm³/mol. The normalized spacial score (nSPS) is 13.2. The number of carbonyl (C=O) groups is 4. The second-order valence-corrected chi connectivity index (χ2v) is 10.8. The maximum absolute atomic E-state index is 8.93. The second kappa shape index (κ2) is 16.8. The number of nitrogens with zero attached hydrogens (tertiary/aromatic N) is 3. The molecule has 12 nitrogen and oxygen atoms in total. The molecule has 0 N–H and O–H groups in total. The number of hydrogen-bond donors (Lipinski definition) is 0. The molecule has 0 saturated carbocycles. The molecule has 234 valence electrons. The van der Waals surface area contributed by atoms with Gasteiger partial charge in [-0.25, -0.2) is 4.98 Å². The van der Waals surface area contributed by atoms with Gasteiger partial charge in [0.1, 0.15) is 11.6 Å². The van der Waals surface area contributed by atoms with Crippen LogP contribution in [0.2, 0.25) is 0 Å². The fourth-order valence-corrected chi connectivity index (χ4v) is 5.43. The topological polar surface area (TPSA) is 191 Å². The fraction of sp³-hybridized carbons (Fsp3) is 0.323. The number of likely N-dealkylation sites (tertiary alicyclic amines) is 1. The highest BCUT2D eigenvalue weighted by Gasteiger charge is 2.22. The molecule has 0 atom stereocenters. The van der Waals surface area contributed by atoms with E-state index in [1.54, 1.807) is 18.4 Å². The number of piperidine rings is 1. The molecule has 2 aromatic heterocycles. The summed E-state index contributed by atoms with van der Waals surface area (Å²) in [6, 6.07) is 19.3. The van der Waals surface area contributed by atoms with Crippen molar-refractivity contribution in [2.75, 3.05) is 26.7 Å². The summed E-state index contributed by atoms with van der Waals surface area (Å²) in [5, 5.41) is 40.1. The van der Waals surface area contributed by atoms with Crippen LogP contribution < -0.4 is 25.2 Å². The molecule has 13 heteroatoms. The maximum Gasteiger partial charge on any atom is 0.118 e. The lowest BCUT2D eigenvalue weighted by Crippen LogP contribution is -2.42. The number of aliphatic carboxylic acids is 4. The van der Waals surface area contributed by atoms with Gasteiger partial charge < -0.3 is 53.8 Å². The molecule has 1 fully saturated rings. The van der Waals surface area contributed by atoms with Gasteiger partial charge in [0.15, 0.2) is 0 Å². The van der Waals surface area contributed by atoms with Crippen molar-refractivity contribution in [1.82, 2.24) is 14.5 Å². The number of para-hydroxylation sites is 2. The zero-order valence-electron chi connectivity index (χ0n) is 24.0. The van der Waals surface area contributed by atoms with Gasteiger partial charge in [-0.15, -0.1) is 0 Å². The average Bonchev–Trinajstić information content (AvgIpc) is 3.66. The molecule has 3 heterocycles. The Morgan fingerprint density at radius 2 is 1.48 bits per heavy atom. The van der Waals surface area contributed by atoms with Gasteiger partial charge in [-0.1, -0.05) is 24.3 Å². The molecule has 1 saturated heterocycles. The van der Waals surface area contributed by atoms with E-state index in [1.807, 2.05) is 0 Å². The smallest absolute Gasteiger partial charge is 0.118 e. The first-order chi connectivity index (χ1) is 21.1. The lowest BCUT2D eigenvalue weighted by molar-refractivity contribution is -0.345. The van der Waals surface area contributed by atoms with Crippen molar-refractivity contribution in [3.8, 4) is 5.75 Å². The van der Waals surface area contributed by atoms with Gasteiger partial charge in [-0.3, -0.25) is 0 Å². The third kappa shape index (κ3) is 10.5. The maximum atomic E-state index is 8.93. The molecule has 0 radical (unpaired) electrons. The number of fused-ring (bicyclic) bond motifs is 1. The molecule has 1 aliphatic heterocycles. The molecule has 0 unspecified atom stereocenters. The van der Waals surface area contributed by atoms with Crippen LogP contribution in [0.4, 0.5) is 0 Å². The first-order valence-corrected chi connectivity index (χ1v) is 14.7. The summed E-state index contributed by atoms with van der Waals surface area (Å²) >= 11 is 1.77. The zero-order chi connectivity index (χ0) is 32.1. The molecule has 4 aromatic rings. The minimum Gasteiger partial charge on any atom is -0.543 e. The Bertz CT molecular complexity index is 1480. The Morgan fingerprint density at radius 3 is 2.02 bits per heavy atom. The first kappa shape index (κ1) is 33.7. The highest BCUT2D eigenvalue weighted by atomic mass is 32.1. The van der Waals surface area contributed by atoms with Gasteiger partial charge in [0, 0.05) is 13.0 Å². The number of carbonyl (C=O) groups excluding carboxylic acids is 4. The quantitative estimate of drug-likeness (QED) is 0.211. The van der Waals surface area contributed by atoms with Gasteiger partial charge in [-0.05, 0) is 90.5 Å². The van der Waals surface area contributed by atoms with Crippen molar-refractivity contribution in [3.63, 3.8) is 0 Å². The first-order valence-electron chi connectivity index (χ1n) is 13.7. The lowest BCUT2D eigenvalue weighted by atomic mass is 9.93. The van der Waals surface area contributed by atoms with Gasteiger partial charge in [0.2, 0.25) is 0 Å². The summed E-state index contributed by atoms with van der Waals surface area (Å²) in [5.74, 6) is -5.85. The number of imidazole rings is 1. The number of methoxy groups -OCH3 is 1. The number of thiophene rings is 1. The van der Waals surface area contributed by atoms with E-state index >= 15 is 0 Å². The van der Waals surface area contributed by atoms with E-state index < -0.39 is 23.9 Å². The number of ether oxygens (including phenoxy) is 1. The van der Waals surface area contributed by atoms with Crippen LogP contribution in [0.15, 0.2) is 65.4 Å². The number of carboxylic acid groups (broad SMARTS) is 4. The van der Waals surface area contributed by atoms with Crippen LogP contribution in [0.1, 0.15) is 29.8 Å². The SMILES string of the molecule is COc1ccc(CCN2CCC(Cc3nc4ccccc4n3Cc3ccsc3)CC2)cc1.O=C([O-])C(=O)[O-].O=C([O-])C(=O)[O-]. The molecule has 1 aliphatic rings. The van der Waals surface area contributed by atoms with E-state index in [0.717, 1.165) is 37.2 Å². The standard InChI is InChI=1S/C27H31N3OS.2C2H2O4/c1-31-24-8-6-21(7-9-24)10-14-29-15-11-22(12-16-29)18-27-28-25-4-2-3-5-26(25)30(27)19-23-13-17-32-20-23;2*3-1(4)2(5)6/h2-9,13,17,20,22H,10-12,14-16,18-19H2,1H3;2*(H,3,4)(H,5,6)/p-4. The van der Waals surface area contributed by atoms with Crippen molar-refractivity contribution in [2.45, 2.75) is 32.2 Å². The van der Waals surface area contributed by atoms with Crippen LogP contribution in [0.3, 0.4) is 0 Å². The Morgan fingerprint density at radius 1 is 0.864 bits per heavy atom. The van der Waals surface area contributed by atoms with Crippen molar-refractivity contribution >= 4 is 46.2 Å². The molecular formula is C31H31N3O9S-4. The third-order valence-electron chi connectivity index (χ3n) is 7.04. The van der Waals surface area contributed by atoms with Crippen molar-refractivity contribution < 1.29 is 44.3 Å². The Hall–Kier alpha value is -4.75. The molecule has 2 aromatic carbocycles. The Labute approximate surface area is 257 Å². The van der Waals surface area contributed by atoms with Gasteiger partial charge in [-0.2, -0.15) is 11.3 Å². The Kier molecular flexibility index (Phi) is 12.9. The van der Waals surface area contributed by atoms with E-state index in [4.69, 9.17) is 49.3 Å². The summed E-state index contributed by atoms with van der Waals surface area (Å²) in [5.41, 5.74) is 5.13. The summed E-state index contributed by atoms with van der Waals surface area (Å²) in [4.78, 5) is 43.4.